The van der Waals surface area contributed by atoms with E-state index in [-0.39, 0.29) is 0 Å². The molecule has 0 aliphatic rings. The monoisotopic (exact) mass is 622 g/mol. The van der Waals surface area contributed by atoms with Gasteiger partial charge in [0, 0.05) is 9.79 Å². The molecule has 0 atom stereocenters. The Morgan fingerprint density at radius 2 is 0.675 bits per heavy atom. The fraction of sp³-hybridized carbons (Fsp3) is 0.778. The van der Waals surface area contributed by atoms with Gasteiger partial charge in [-0.2, -0.15) is 0 Å². The molecule has 0 unspecified atom stereocenters. The van der Waals surface area contributed by atoms with Gasteiger partial charge in [0.2, 0.25) is 0 Å². The minimum atomic E-state index is 1.27. The highest BCUT2D eigenvalue weighted by molar-refractivity contribution is 8.00. The van der Waals surface area contributed by atoms with E-state index < -0.39 is 0 Å². The molecular formula is C36H62S4. The number of rotatable bonds is 29. The van der Waals surface area contributed by atoms with Crippen molar-refractivity contribution in [3.8, 4) is 9.75 Å². The SMILES string of the molecule is CCCCCCCCCCCCCCSc1ccsc1-c1sccc1SCCCCCCCCCCCCCC. The van der Waals surface area contributed by atoms with Crippen molar-refractivity contribution < 1.29 is 0 Å². The lowest BCUT2D eigenvalue weighted by Gasteiger charge is -2.07. The lowest BCUT2D eigenvalue weighted by Crippen LogP contribution is -1.85. The Hall–Kier alpha value is 0.1000. The topological polar surface area (TPSA) is 0 Å². The minimum absolute atomic E-state index is 1.27. The number of hydrogen-bond acceptors (Lipinski definition) is 4. The molecule has 0 aromatic carbocycles. The van der Waals surface area contributed by atoms with Crippen LogP contribution in [0.5, 0.6) is 0 Å². The molecule has 0 bridgehead atoms. The highest BCUT2D eigenvalue weighted by Crippen LogP contribution is 2.44. The molecular weight excluding hydrogens is 561 g/mol. The van der Waals surface area contributed by atoms with E-state index in [1.54, 1.807) is 0 Å². The number of unbranched alkanes of at least 4 members (excludes halogenated alkanes) is 22. The summed E-state index contributed by atoms with van der Waals surface area (Å²) in [5, 5.41) is 4.61. The lowest BCUT2D eigenvalue weighted by molar-refractivity contribution is 0.548. The van der Waals surface area contributed by atoms with Crippen LogP contribution in [0, 0.1) is 0 Å². The van der Waals surface area contributed by atoms with Gasteiger partial charge < -0.3 is 0 Å². The zero-order chi connectivity index (χ0) is 28.4. The number of thiophene rings is 2. The van der Waals surface area contributed by atoms with Gasteiger partial charge in [-0.15, -0.1) is 46.2 Å². The third-order valence-corrected chi connectivity index (χ3v) is 12.5. The number of thioether (sulfide) groups is 2. The molecule has 0 N–H and O–H groups in total. The molecule has 0 fully saturated rings. The highest BCUT2D eigenvalue weighted by Gasteiger charge is 2.13. The normalized spacial score (nSPS) is 11.6. The molecule has 40 heavy (non-hydrogen) atoms. The summed E-state index contributed by atoms with van der Waals surface area (Å²) in [5.74, 6) is 2.54. The molecule has 2 heterocycles. The second kappa shape index (κ2) is 26.7. The van der Waals surface area contributed by atoms with Crippen molar-refractivity contribution in [1.29, 1.82) is 0 Å². The van der Waals surface area contributed by atoms with Gasteiger partial charge in [-0.3, -0.25) is 0 Å². The van der Waals surface area contributed by atoms with E-state index in [0.29, 0.717) is 0 Å². The van der Waals surface area contributed by atoms with E-state index in [4.69, 9.17) is 0 Å². The smallest absolute Gasteiger partial charge is 0.0589 e. The Bertz CT molecular complexity index is 726. The summed E-state index contributed by atoms with van der Waals surface area (Å²) in [4.78, 5) is 6.08. The summed E-state index contributed by atoms with van der Waals surface area (Å²) in [6.45, 7) is 4.61. The van der Waals surface area contributed by atoms with Crippen LogP contribution in [0.4, 0.5) is 0 Å². The lowest BCUT2D eigenvalue weighted by atomic mass is 10.1. The van der Waals surface area contributed by atoms with Crippen molar-refractivity contribution >= 4 is 46.2 Å². The van der Waals surface area contributed by atoms with Gasteiger partial charge in [0.1, 0.15) is 0 Å². The first kappa shape index (κ1) is 36.3. The van der Waals surface area contributed by atoms with Crippen LogP contribution >= 0.6 is 46.2 Å². The Kier molecular flexibility index (Phi) is 24.2. The van der Waals surface area contributed by atoms with Crippen molar-refractivity contribution in [1.82, 2.24) is 0 Å². The summed E-state index contributed by atoms with van der Waals surface area (Å²) in [7, 11) is 0. The van der Waals surface area contributed by atoms with Crippen molar-refractivity contribution in [3.05, 3.63) is 22.9 Å². The van der Waals surface area contributed by atoms with E-state index in [1.165, 1.54) is 185 Å². The molecule has 0 nitrogen and oxygen atoms in total. The molecule has 2 aromatic heterocycles. The first-order valence-corrected chi connectivity index (χ1v) is 21.0. The van der Waals surface area contributed by atoms with Crippen molar-refractivity contribution in [2.24, 2.45) is 0 Å². The Balaban J connectivity index is 1.50. The third kappa shape index (κ3) is 17.9. The van der Waals surface area contributed by atoms with Crippen LogP contribution in [0.25, 0.3) is 9.75 Å². The van der Waals surface area contributed by atoms with Crippen LogP contribution in [0.3, 0.4) is 0 Å². The quantitative estimate of drug-likeness (QED) is 0.0654. The van der Waals surface area contributed by atoms with E-state index >= 15 is 0 Å². The molecule has 0 saturated heterocycles. The Morgan fingerprint density at radius 1 is 0.400 bits per heavy atom. The first-order chi connectivity index (χ1) is 19.9. The Labute approximate surface area is 266 Å². The van der Waals surface area contributed by atoms with Crippen molar-refractivity contribution in [3.63, 3.8) is 0 Å². The van der Waals surface area contributed by atoms with Crippen LogP contribution in [0.1, 0.15) is 168 Å². The zero-order valence-corrected chi connectivity index (χ0v) is 29.6. The average molecular weight is 623 g/mol. The molecule has 2 rings (SSSR count). The molecule has 0 radical (unpaired) electrons. The van der Waals surface area contributed by atoms with Gasteiger partial charge in [-0.05, 0) is 47.2 Å². The molecule has 0 aliphatic carbocycles. The molecule has 0 aliphatic heterocycles. The maximum Gasteiger partial charge on any atom is 0.0589 e. The Morgan fingerprint density at radius 3 is 0.975 bits per heavy atom. The summed E-state index contributed by atoms with van der Waals surface area (Å²) >= 11 is 8.08. The molecule has 230 valence electrons. The number of hydrogen-bond donors (Lipinski definition) is 0. The van der Waals surface area contributed by atoms with Gasteiger partial charge in [-0.25, -0.2) is 0 Å². The molecule has 0 spiro atoms. The van der Waals surface area contributed by atoms with Crippen LogP contribution in [-0.4, -0.2) is 11.5 Å². The van der Waals surface area contributed by atoms with Gasteiger partial charge in [0.15, 0.2) is 0 Å². The summed E-state index contributed by atoms with van der Waals surface area (Å²) < 4.78 is 0. The predicted molar refractivity (Wildman–Crippen MR) is 191 cm³/mol. The van der Waals surface area contributed by atoms with Crippen molar-refractivity contribution in [2.45, 2.75) is 178 Å². The molecule has 4 heteroatoms. The maximum atomic E-state index is 2.37. The molecule has 0 amide bonds. The largest absolute Gasteiger partial charge is 0.142 e. The first-order valence-electron chi connectivity index (χ1n) is 17.3. The fourth-order valence-electron chi connectivity index (χ4n) is 5.40. The second-order valence-corrected chi connectivity index (χ2v) is 15.8. The van der Waals surface area contributed by atoms with Crippen LogP contribution in [0.15, 0.2) is 32.7 Å². The highest BCUT2D eigenvalue weighted by atomic mass is 32.2. The van der Waals surface area contributed by atoms with Gasteiger partial charge in [0.25, 0.3) is 0 Å². The van der Waals surface area contributed by atoms with Crippen LogP contribution < -0.4 is 0 Å². The van der Waals surface area contributed by atoms with E-state index in [9.17, 15) is 0 Å². The zero-order valence-electron chi connectivity index (χ0n) is 26.3. The second-order valence-electron chi connectivity index (χ2n) is 11.7. The van der Waals surface area contributed by atoms with Crippen LogP contribution in [-0.2, 0) is 0 Å². The summed E-state index contributed by atoms with van der Waals surface area (Å²) in [6, 6.07) is 4.73. The predicted octanol–water partition coefficient (Wildman–Crippen LogP) is 15.1. The standard InChI is InChI=1S/C36H62S4/c1-3-5-7-9-11-13-15-17-19-21-23-25-29-37-33-27-31-39-35(33)36-34(28-32-40-36)38-30-26-24-22-20-18-16-14-12-10-8-6-4-2/h27-28,31-32H,3-26,29-30H2,1-2H3. The van der Waals surface area contributed by atoms with E-state index in [2.05, 4.69) is 60.3 Å². The average Bonchev–Trinajstić information content (AvgIpc) is 3.63. The summed E-state index contributed by atoms with van der Waals surface area (Å²) in [6.07, 6.45) is 34.3. The van der Waals surface area contributed by atoms with Gasteiger partial charge in [-0.1, -0.05) is 155 Å². The van der Waals surface area contributed by atoms with E-state index in [1.807, 2.05) is 22.7 Å². The maximum absolute atomic E-state index is 2.37. The fourth-order valence-corrected chi connectivity index (χ4v) is 10.1. The van der Waals surface area contributed by atoms with Gasteiger partial charge in [0.05, 0.1) is 9.75 Å². The summed E-state index contributed by atoms with van der Waals surface area (Å²) in [5.41, 5.74) is 0. The molecule has 2 aromatic rings. The van der Waals surface area contributed by atoms with Crippen LogP contribution in [0.2, 0.25) is 0 Å². The van der Waals surface area contributed by atoms with E-state index in [0.717, 1.165) is 0 Å². The molecule has 0 saturated carbocycles. The third-order valence-electron chi connectivity index (χ3n) is 7.98. The minimum Gasteiger partial charge on any atom is -0.142 e. The van der Waals surface area contributed by atoms with Crippen molar-refractivity contribution in [2.75, 3.05) is 11.5 Å². The van der Waals surface area contributed by atoms with Gasteiger partial charge >= 0.3 is 0 Å².